The van der Waals surface area contributed by atoms with Crippen molar-refractivity contribution in [2.75, 3.05) is 17.2 Å². The molecule has 0 saturated heterocycles. The zero-order chi connectivity index (χ0) is 17.7. The van der Waals surface area contributed by atoms with Gasteiger partial charge < -0.3 is 10.6 Å². The van der Waals surface area contributed by atoms with Crippen molar-refractivity contribution in [1.82, 2.24) is 0 Å². The van der Waals surface area contributed by atoms with Crippen LogP contribution in [-0.4, -0.2) is 12.5 Å². The van der Waals surface area contributed by atoms with E-state index in [4.69, 9.17) is 0 Å². The first-order valence-electron chi connectivity index (χ1n) is 7.85. The fraction of sp³-hybridized carbons (Fsp3) is 0.316. The third kappa shape index (κ3) is 5.05. The molecule has 1 amide bonds. The summed E-state index contributed by atoms with van der Waals surface area (Å²) in [6, 6.07) is 11.0. The number of amides is 1. The van der Waals surface area contributed by atoms with E-state index in [9.17, 15) is 13.6 Å². The first kappa shape index (κ1) is 17.9. The van der Waals surface area contributed by atoms with Crippen LogP contribution in [0.3, 0.4) is 0 Å². The number of anilines is 2. The second-order valence-electron chi connectivity index (χ2n) is 6.68. The highest BCUT2D eigenvalue weighted by Gasteiger charge is 2.13. The maximum Gasteiger partial charge on any atom is 0.226 e. The van der Waals surface area contributed by atoms with E-state index < -0.39 is 11.6 Å². The number of benzene rings is 2. The molecule has 2 aromatic rings. The minimum atomic E-state index is -0.673. The van der Waals surface area contributed by atoms with E-state index in [1.807, 2.05) is 24.3 Å². The zero-order valence-corrected chi connectivity index (χ0v) is 14.1. The fourth-order valence-electron chi connectivity index (χ4n) is 2.22. The predicted molar refractivity (Wildman–Crippen MR) is 93.2 cm³/mol. The standard InChI is InChI=1S/C19H22F2N2O/c1-19(2,3)13-4-7-15(8-5-13)23-18(24)10-11-22-17-9-6-14(20)12-16(17)21/h4-9,12,22H,10-11H2,1-3H3,(H,23,24). The molecule has 3 nitrogen and oxygen atoms in total. The van der Waals surface area contributed by atoms with E-state index in [1.54, 1.807) is 0 Å². The van der Waals surface area contributed by atoms with Crippen molar-refractivity contribution in [2.45, 2.75) is 32.6 Å². The van der Waals surface area contributed by atoms with Crippen LogP contribution in [0.5, 0.6) is 0 Å². The zero-order valence-electron chi connectivity index (χ0n) is 14.1. The quantitative estimate of drug-likeness (QED) is 0.833. The van der Waals surface area contributed by atoms with Crippen molar-refractivity contribution in [1.29, 1.82) is 0 Å². The van der Waals surface area contributed by atoms with Crippen molar-refractivity contribution in [3.05, 3.63) is 59.7 Å². The lowest BCUT2D eigenvalue weighted by molar-refractivity contribution is -0.115. The molecule has 2 rings (SSSR count). The average molecular weight is 332 g/mol. The fourth-order valence-corrected chi connectivity index (χ4v) is 2.22. The van der Waals surface area contributed by atoms with E-state index >= 15 is 0 Å². The highest BCUT2D eigenvalue weighted by atomic mass is 19.1. The van der Waals surface area contributed by atoms with Crippen LogP contribution >= 0.6 is 0 Å². The van der Waals surface area contributed by atoms with E-state index in [1.165, 1.54) is 17.7 Å². The molecule has 0 aliphatic carbocycles. The summed E-state index contributed by atoms with van der Waals surface area (Å²) in [4.78, 5) is 11.9. The Kier molecular flexibility index (Phi) is 5.54. The number of hydrogen-bond acceptors (Lipinski definition) is 2. The summed E-state index contributed by atoms with van der Waals surface area (Å²) in [7, 11) is 0. The van der Waals surface area contributed by atoms with Crippen LogP contribution in [0.4, 0.5) is 20.2 Å². The van der Waals surface area contributed by atoms with Crippen LogP contribution in [-0.2, 0) is 10.2 Å². The molecule has 0 spiro atoms. The molecule has 24 heavy (non-hydrogen) atoms. The molecule has 0 aliphatic rings. The Morgan fingerprint density at radius 3 is 2.29 bits per heavy atom. The van der Waals surface area contributed by atoms with Gasteiger partial charge in [-0.1, -0.05) is 32.9 Å². The van der Waals surface area contributed by atoms with Gasteiger partial charge in [0.15, 0.2) is 0 Å². The molecule has 0 bridgehead atoms. The Morgan fingerprint density at radius 1 is 1.04 bits per heavy atom. The maximum absolute atomic E-state index is 13.5. The summed E-state index contributed by atoms with van der Waals surface area (Å²) in [6.07, 6.45) is 0.178. The first-order valence-corrected chi connectivity index (χ1v) is 7.85. The van der Waals surface area contributed by atoms with Gasteiger partial charge in [-0.3, -0.25) is 4.79 Å². The average Bonchev–Trinajstić information content (AvgIpc) is 2.49. The molecule has 0 aromatic heterocycles. The number of carbonyl (C=O) groups excluding carboxylic acids is 1. The smallest absolute Gasteiger partial charge is 0.226 e. The number of carbonyl (C=O) groups is 1. The second-order valence-corrected chi connectivity index (χ2v) is 6.68. The van der Waals surface area contributed by atoms with Gasteiger partial charge in [0.2, 0.25) is 5.91 Å². The summed E-state index contributed by atoms with van der Waals surface area (Å²) < 4.78 is 26.3. The summed E-state index contributed by atoms with van der Waals surface area (Å²) in [5.41, 5.74) is 2.15. The van der Waals surface area contributed by atoms with Crippen molar-refractivity contribution in [2.24, 2.45) is 0 Å². The van der Waals surface area contributed by atoms with Gasteiger partial charge in [-0.25, -0.2) is 8.78 Å². The van der Waals surface area contributed by atoms with Gasteiger partial charge in [0, 0.05) is 24.7 Å². The Bertz CT molecular complexity index is 706. The topological polar surface area (TPSA) is 41.1 Å². The minimum Gasteiger partial charge on any atom is -0.382 e. The van der Waals surface area contributed by atoms with E-state index in [-0.39, 0.29) is 30.0 Å². The molecule has 2 N–H and O–H groups in total. The molecule has 0 aliphatic heterocycles. The summed E-state index contributed by atoms with van der Waals surface area (Å²) in [5.74, 6) is -1.48. The Balaban J connectivity index is 1.83. The van der Waals surface area contributed by atoms with E-state index in [0.717, 1.165) is 11.8 Å². The Morgan fingerprint density at radius 2 is 1.71 bits per heavy atom. The number of halogens is 2. The molecule has 0 atom stereocenters. The third-order valence-corrected chi connectivity index (χ3v) is 3.63. The molecule has 0 radical (unpaired) electrons. The number of hydrogen-bond donors (Lipinski definition) is 2. The Labute approximate surface area is 141 Å². The van der Waals surface area contributed by atoms with Crippen LogP contribution in [0.1, 0.15) is 32.8 Å². The van der Waals surface area contributed by atoms with Gasteiger partial charge in [0.25, 0.3) is 0 Å². The molecular formula is C19H22F2N2O. The SMILES string of the molecule is CC(C)(C)c1ccc(NC(=O)CCNc2ccc(F)cc2F)cc1. The van der Waals surface area contributed by atoms with Crippen molar-refractivity contribution < 1.29 is 13.6 Å². The van der Waals surface area contributed by atoms with Crippen LogP contribution in [0, 0.1) is 11.6 Å². The van der Waals surface area contributed by atoms with Crippen LogP contribution in [0.2, 0.25) is 0 Å². The highest BCUT2D eigenvalue weighted by molar-refractivity contribution is 5.91. The number of rotatable bonds is 5. The van der Waals surface area contributed by atoms with Crippen molar-refractivity contribution in [3.8, 4) is 0 Å². The van der Waals surface area contributed by atoms with E-state index in [0.29, 0.717) is 0 Å². The summed E-state index contributed by atoms with van der Waals surface area (Å²) in [5, 5.41) is 5.58. The minimum absolute atomic E-state index is 0.0612. The molecule has 0 fully saturated rings. The Hall–Kier alpha value is -2.43. The number of nitrogens with one attached hydrogen (secondary N) is 2. The highest BCUT2D eigenvalue weighted by Crippen LogP contribution is 2.23. The van der Waals surface area contributed by atoms with Crippen LogP contribution in [0.15, 0.2) is 42.5 Å². The van der Waals surface area contributed by atoms with Crippen LogP contribution < -0.4 is 10.6 Å². The summed E-state index contributed by atoms with van der Waals surface area (Å²) in [6.45, 7) is 6.64. The largest absolute Gasteiger partial charge is 0.382 e. The van der Waals surface area contributed by atoms with E-state index in [2.05, 4.69) is 31.4 Å². The van der Waals surface area contributed by atoms with Gasteiger partial charge in [0.1, 0.15) is 11.6 Å². The molecule has 0 heterocycles. The lowest BCUT2D eigenvalue weighted by Crippen LogP contribution is -2.17. The third-order valence-electron chi connectivity index (χ3n) is 3.63. The van der Waals surface area contributed by atoms with Gasteiger partial charge in [-0.05, 0) is 35.2 Å². The molecule has 5 heteroatoms. The molecule has 2 aromatic carbocycles. The molecule has 0 unspecified atom stereocenters. The van der Waals surface area contributed by atoms with Crippen LogP contribution in [0.25, 0.3) is 0 Å². The molecule has 128 valence electrons. The van der Waals surface area contributed by atoms with Gasteiger partial charge in [-0.15, -0.1) is 0 Å². The van der Waals surface area contributed by atoms with Gasteiger partial charge in [0.05, 0.1) is 5.69 Å². The lowest BCUT2D eigenvalue weighted by Gasteiger charge is -2.19. The first-order chi connectivity index (χ1) is 11.3. The maximum atomic E-state index is 13.5. The second kappa shape index (κ2) is 7.43. The predicted octanol–water partition coefficient (Wildman–Crippen LogP) is 4.70. The van der Waals surface area contributed by atoms with Crippen molar-refractivity contribution >= 4 is 17.3 Å². The molecular weight excluding hydrogens is 310 g/mol. The van der Waals surface area contributed by atoms with Gasteiger partial charge >= 0.3 is 0 Å². The monoisotopic (exact) mass is 332 g/mol. The lowest BCUT2D eigenvalue weighted by atomic mass is 9.87. The van der Waals surface area contributed by atoms with Gasteiger partial charge in [-0.2, -0.15) is 0 Å². The molecule has 0 saturated carbocycles. The van der Waals surface area contributed by atoms with Crippen molar-refractivity contribution in [3.63, 3.8) is 0 Å². The summed E-state index contributed by atoms with van der Waals surface area (Å²) >= 11 is 0. The normalized spacial score (nSPS) is 11.2.